The molecule has 0 aliphatic carbocycles. The molecule has 0 atom stereocenters. The molecule has 0 saturated heterocycles. The largest absolute Gasteiger partial charge is 0.372 e. The van der Waals surface area contributed by atoms with Gasteiger partial charge in [-0.1, -0.05) is 48.5 Å². The van der Waals surface area contributed by atoms with Crippen LogP contribution in [-0.4, -0.2) is 19.1 Å². The van der Waals surface area contributed by atoms with Crippen LogP contribution in [0.5, 0.6) is 0 Å². The summed E-state index contributed by atoms with van der Waals surface area (Å²) in [4.78, 5) is 14.1. The summed E-state index contributed by atoms with van der Waals surface area (Å²) >= 11 is 0. The highest BCUT2D eigenvalue weighted by molar-refractivity contribution is 5.94. The Balaban J connectivity index is 2.18. The van der Waals surface area contributed by atoms with Gasteiger partial charge in [0.2, 0.25) is 0 Å². The Labute approximate surface area is 119 Å². The highest BCUT2D eigenvalue weighted by Crippen LogP contribution is 2.17. The van der Waals surface area contributed by atoms with Crippen LogP contribution in [0, 0.1) is 0 Å². The molecule has 0 aromatic heterocycles. The van der Waals surface area contributed by atoms with Crippen LogP contribution in [0.1, 0.15) is 12.5 Å². The van der Waals surface area contributed by atoms with Gasteiger partial charge in [-0.3, -0.25) is 4.79 Å². The van der Waals surface area contributed by atoms with E-state index in [9.17, 15) is 4.79 Å². The topological polar surface area (TPSA) is 29.5 Å². The second kappa shape index (κ2) is 7.46. The Morgan fingerprint density at radius 1 is 1.00 bits per heavy atom. The number of ether oxygens (including phenoxy) is 1. The van der Waals surface area contributed by atoms with Crippen molar-refractivity contribution in [1.82, 2.24) is 0 Å². The average molecular weight is 269 g/mol. The second-order valence-electron chi connectivity index (χ2n) is 4.44. The Morgan fingerprint density at radius 2 is 1.60 bits per heavy atom. The maximum absolute atomic E-state index is 12.3. The Hall–Kier alpha value is -2.13. The van der Waals surface area contributed by atoms with E-state index in [0.717, 1.165) is 11.3 Å². The molecule has 2 aromatic rings. The van der Waals surface area contributed by atoms with E-state index in [0.29, 0.717) is 13.2 Å². The summed E-state index contributed by atoms with van der Waals surface area (Å²) in [5, 5.41) is 0. The lowest BCUT2D eigenvalue weighted by atomic mass is 10.2. The fourth-order valence-electron chi connectivity index (χ4n) is 1.96. The van der Waals surface area contributed by atoms with E-state index >= 15 is 0 Å². The van der Waals surface area contributed by atoms with Crippen molar-refractivity contribution >= 4 is 11.6 Å². The van der Waals surface area contributed by atoms with Crippen molar-refractivity contribution in [3.05, 3.63) is 66.2 Å². The molecule has 0 unspecified atom stereocenters. The maximum Gasteiger partial charge on any atom is 0.253 e. The van der Waals surface area contributed by atoms with Crippen LogP contribution in [0.25, 0.3) is 0 Å². The molecular weight excluding hydrogens is 250 g/mol. The lowest BCUT2D eigenvalue weighted by Crippen LogP contribution is -2.33. The zero-order chi connectivity index (χ0) is 14.2. The monoisotopic (exact) mass is 269 g/mol. The maximum atomic E-state index is 12.3. The summed E-state index contributed by atoms with van der Waals surface area (Å²) < 4.78 is 5.24. The third-order valence-corrected chi connectivity index (χ3v) is 2.98. The summed E-state index contributed by atoms with van der Waals surface area (Å²) in [5.74, 6) is -0.0260. The van der Waals surface area contributed by atoms with Crippen LogP contribution in [0.4, 0.5) is 5.69 Å². The molecule has 0 aliphatic heterocycles. The molecule has 20 heavy (non-hydrogen) atoms. The van der Waals surface area contributed by atoms with Gasteiger partial charge in [-0.05, 0) is 24.6 Å². The number of hydrogen-bond acceptors (Lipinski definition) is 2. The summed E-state index contributed by atoms with van der Waals surface area (Å²) in [7, 11) is 0. The zero-order valence-corrected chi connectivity index (χ0v) is 11.7. The highest BCUT2D eigenvalue weighted by atomic mass is 16.5. The number of carbonyl (C=O) groups is 1. The number of hydrogen-bond donors (Lipinski definition) is 0. The van der Waals surface area contributed by atoms with Crippen molar-refractivity contribution < 1.29 is 9.53 Å². The molecule has 0 heterocycles. The standard InChI is InChI=1S/C17H19NO2/c1-2-20-14-17(19)18(16-11-7-4-8-12-16)13-15-9-5-3-6-10-15/h3-12H,2,13-14H2,1H3. The highest BCUT2D eigenvalue weighted by Gasteiger charge is 2.15. The first kappa shape index (κ1) is 14.3. The molecule has 0 radical (unpaired) electrons. The number of anilines is 1. The van der Waals surface area contributed by atoms with E-state index in [1.165, 1.54) is 0 Å². The van der Waals surface area contributed by atoms with Crippen molar-refractivity contribution in [1.29, 1.82) is 0 Å². The van der Waals surface area contributed by atoms with Gasteiger partial charge in [-0.25, -0.2) is 0 Å². The summed E-state index contributed by atoms with van der Waals surface area (Å²) in [6.45, 7) is 3.09. The van der Waals surface area contributed by atoms with Gasteiger partial charge in [0.1, 0.15) is 6.61 Å². The van der Waals surface area contributed by atoms with Crippen molar-refractivity contribution in [3.63, 3.8) is 0 Å². The Bertz CT molecular complexity index is 525. The molecule has 3 nitrogen and oxygen atoms in total. The molecule has 2 rings (SSSR count). The van der Waals surface area contributed by atoms with Crippen LogP contribution in [0.15, 0.2) is 60.7 Å². The molecule has 1 amide bonds. The van der Waals surface area contributed by atoms with Crippen LogP contribution in [-0.2, 0) is 16.1 Å². The summed E-state index contributed by atoms with van der Waals surface area (Å²) in [6, 6.07) is 19.6. The third-order valence-electron chi connectivity index (χ3n) is 2.98. The van der Waals surface area contributed by atoms with Gasteiger partial charge < -0.3 is 9.64 Å². The van der Waals surface area contributed by atoms with Crippen LogP contribution >= 0.6 is 0 Å². The van der Waals surface area contributed by atoms with Gasteiger partial charge in [0, 0.05) is 12.3 Å². The van der Waals surface area contributed by atoms with Crippen LogP contribution in [0.3, 0.4) is 0 Å². The molecule has 2 aromatic carbocycles. The normalized spacial score (nSPS) is 10.2. The molecule has 0 fully saturated rings. The van der Waals surface area contributed by atoms with Crippen LogP contribution < -0.4 is 4.90 Å². The summed E-state index contributed by atoms with van der Waals surface area (Å²) in [6.07, 6.45) is 0. The smallest absolute Gasteiger partial charge is 0.253 e. The van der Waals surface area contributed by atoms with Gasteiger partial charge in [0.15, 0.2) is 0 Å². The van der Waals surface area contributed by atoms with Gasteiger partial charge in [-0.15, -0.1) is 0 Å². The predicted molar refractivity (Wildman–Crippen MR) is 80.6 cm³/mol. The van der Waals surface area contributed by atoms with Gasteiger partial charge in [-0.2, -0.15) is 0 Å². The lowest BCUT2D eigenvalue weighted by molar-refractivity contribution is -0.123. The first-order valence-electron chi connectivity index (χ1n) is 6.78. The Kier molecular flexibility index (Phi) is 5.33. The molecule has 3 heteroatoms. The molecule has 0 aliphatic rings. The second-order valence-corrected chi connectivity index (χ2v) is 4.44. The lowest BCUT2D eigenvalue weighted by Gasteiger charge is -2.23. The molecule has 0 bridgehead atoms. The molecule has 0 N–H and O–H groups in total. The van der Waals surface area contributed by atoms with Crippen molar-refractivity contribution in [2.45, 2.75) is 13.5 Å². The van der Waals surface area contributed by atoms with E-state index < -0.39 is 0 Å². The average Bonchev–Trinajstić information content (AvgIpc) is 2.52. The number of amides is 1. The van der Waals surface area contributed by atoms with Crippen LogP contribution in [0.2, 0.25) is 0 Å². The summed E-state index contributed by atoms with van der Waals surface area (Å²) in [5.41, 5.74) is 1.99. The first-order valence-corrected chi connectivity index (χ1v) is 6.78. The minimum Gasteiger partial charge on any atom is -0.372 e. The molecule has 104 valence electrons. The third kappa shape index (κ3) is 3.93. The van der Waals surface area contributed by atoms with Crippen molar-refractivity contribution in [2.75, 3.05) is 18.1 Å². The number of nitrogens with zero attached hydrogens (tertiary/aromatic N) is 1. The predicted octanol–water partition coefficient (Wildman–Crippen LogP) is 3.26. The van der Waals surface area contributed by atoms with E-state index in [1.807, 2.05) is 67.6 Å². The van der Waals surface area contributed by atoms with E-state index in [-0.39, 0.29) is 12.5 Å². The molecule has 0 spiro atoms. The first-order chi connectivity index (χ1) is 9.81. The van der Waals surface area contributed by atoms with E-state index in [4.69, 9.17) is 4.74 Å². The number of para-hydroxylation sites is 1. The number of rotatable bonds is 6. The molecular formula is C17H19NO2. The van der Waals surface area contributed by atoms with E-state index in [2.05, 4.69) is 0 Å². The fraction of sp³-hybridized carbons (Fsp3) is 0.235. The number of carbonyl (C=O) groups excluding carboxylic acids is 1. The SMILES string of the molecule is CCOCC(=O)N(Cc1ccccc1)c1ccccc1. The molecule has 0 saturated carbocycles. The quantitative estimate of drug-likeness (QED) is 0.805. The fourth-order valence-corrected chi connectivity index (χ4v) is 1.96. The Morgan fingerprint density at radius 3 is 2.20 bits per heavy atom. The van der Waals surface area contributed by atoms with Crippen molar-refractivity contribution in [3.8, 4) is 0 Å². The van der Waals surface area contributed by atoms with Gasteiger partial charge in [0.05, 0.1) is 6.54 Å². The van der Waals surface area contributed by atoms with Gasteiger partial charge >= 0.3 is 0 Å². The zero-order valence-electron chi connectivity index (χ0n) is 11.7. The minimum absolute atomic E-state index is 0.0260. The van der Waals surface area contributed by atoms with Crippen molar-refractivity contribution in [2.24, 2.45) is 0 Å². The number of benzene rings is 2. The minimum atomic E-state index is -0.0260. The van der Waals surface area contributed by atoms with E-state index in [1.54, 1.807) is 4.90 Å². The van der Waals surface area contributed by atoms with Gasteiger partial charge in [0.25, 0.3) is 5.91 Å².